The summed E-state index contributed by atoms with van der Waals surface area (Å²) < 4.78 is 4.95. The van der Waals surface area contributed by atoms with Gasteiger partial charge < -0.3 is 9.84 Å². The van der Waals surface area contributed by atoms with E-state index in [1.165, 1.54) is 12.1 Å². The maximum atomic E-state index is 11.2. The van der Waals surface area contributed by atoms with Crippen molar-refractivity contribution in [2.75, 3.05) is 0 Å². The summed E-state index contributed by atoms with van der Waals surface area (Å²) in [5.41, 5.74) is 0.984. The van der Waals surface area contributed by atoms with Crippen molar-refractivity contribution < 1.29 is 14.6 Å². The number of hydrogen-bond donors (Lipinski definition) is 1. The van der Waals surface area contributed by atoms with Crippen LogP contribution in [0.3, 0.4) is 0 Å². The first-order valence-corrected chi connectivity index (χ1v) is 4.37. The largest absolute Gasteiger partial charge is 0.508 e. The molecule has 0 aliphatic carbocycles. The summed E-state index contributed by atoms with van der Waals surface area (Å²) in [6, 6.07) is 4.48. The lowest BCUT2D eigenvalue weighted by Crippen LogP contribution is -2.08. The molecule has 0 unspecified atom stereocenters. The predicted molar refractivity (Wildman–Crippen MR) is 58.6 cm³/mol. The third kappa shape index (κ3) is 2.98. The Balaban J connectivity index is 2.95. The summed E-state index contributed by atoms with van der Waals surface area (Å²) in [5, 5.41) is 9.31. The van der Waals surface area contributed by atoms with E-state index in [4.69, 9.17) is 4.74 Å². The molecule has 0 fully saturated rings. The summed E-state index contributed by atoms with van der Waals surface area (Å²) in [7, 11) is 0. The van der Waals surface area contributed by atoms with E-state index in [2.05, 4.69) is 13.2 Å². The summed E-state index contributed by atoms with van der Waals surface area (Å²) in [6.07, 6.45) is 1.55. The maximum absolute atomic E-state index is 11.2. The Bertz CT molecular complexity index is 419. The summed E-state index contributed by atoms with van der Waals surface area (Å²) in [4.78, 5) is 11.2. The fraction of sp³-hybridized carbons (Fsp3) is 0.0833. The average molecular weight is 204 g/mol. The monoisotopic (exact) mass is 204 g/mol. The van der Waals surface area contributed by atoms with E-state index < -0.39 is 5.97 Å². The number of rotatable bonds is 3. The van der Waals surface area contributed by atoms with E-state index in [9.17, 15) is 9.90 Å². The molecule has 0 radical (unpaired) electrons. The average Bonchev–Trinajstić information content (AvgIpc) is 2.16. The molecule has 78 valence electrons. The molecule has 0 heterocycles. The molecule has 0 saturated carbocycles. The molecule has 0 spiro atoms. The van der Waals surface area contributed by atoms with Gasteiger partial charge in [-0.3, -0.25) is 0 Å². The highest BCUT2D eigenvalue weighted by atomic mass is 16.5. The van der Waals surface area contributed by atoms with Gasteiger partial charge >= 0.3 is 5.97 Å². The maximum Gasteiger partial charge on any atom is 0.338 e. The Morgan fingerprint density at radius 2 is 2.13 bits per heavy atom. The number of ether oxygens (including phenoxy) is 1. The van der Waals surface area contributed by atoms with Crippen LogP contribution in [0, 0.1) is 0 Å². The molecule has 0 atom stereocenters. The highest BCUT2D eigenvalue weighted by Crippen LogP contribution is 2.22. The first-order valence-electron chi connectivity index (χ1n) is 4.37. The smallest absolute Gasteiger partial charge is 0.338 e. The lowest BCUT2D eigenvalue weighted by molar-refractivity contribution is -0.130. The van der Waals surface area contributed by atoms with Crippen LogP contribution < -0.4 is 4.74 Å². The molecule has 0 aromatic heterocycles. The Kier molecular flexibility index (Phi) is 3.29. The van der Waals surface area contributed by atoms with Gasteiger partial charge in [0.25, 0.3) is 0 Å². The van der Waals surface area contributed by atoms with Gasteiger partial charge in [0.05, 0.1) is 0 Å². The quantitative estimate of drug-likeness (QED) is 0.467. The van der Waals surface area contributed by atoms with Crippen LogP contribution in [0.4, 0.5) is 0 Å². The van der Waals surface area contributed by atoms with Gasteiger partial charge in [-0.25, -0.2) is 4.79 Å². The first kappa shape index (κ1) is 11.0. The molecule has 0 aliphatic heterocycles. The van der Waals surface area contributed by atoms with Crippen molar-refractivity contribution in [1.82, 2.24) is 0 Å². The molecule has 0 saturated heterocycles. The van der Waals surface area contributed by atoms with Crippen LogP contribution >= 0.6 is 0 Å². The second-order valence-electron chi connectivity index (χ2n) is 3.13. The highest BCUT2D eigenvalue weighted by molar-refractivity contribution is 5.88. The van der Waals surface area contributed by atoms with Crippen LogP contribution in [0.1, 0.15) is 12.5 Å². The van der Waals surface area contributed by atoms with E-state index in [1.54, 1.807) is 19.1 Å². The molecule has 1 rings (SSSR count). The number of benzene rings is 1. The molecular weight excluding hydrogens is 192 g/mol. The van der Waals surface area contributed by atoms with Crippen molar-refractivity contribution in [3.63, 3.8) is 0 Å². The SMILES string of the molecule is C=Cc1cc(O)cc(OC(=O)C(=C)C)c1. The van der Waals surface area contributed by atoms with Gasteiger partial charge in [-0.2, -0.15) is 0 Å². The van der Waals surface area contributed by atoms with Crippen LogP contribution in [0.25, 0.3) is 6.08 Å². The van der Waals surface area contributed by atoms with Crippen molar-refractivity contribution in [1.29, 1.82) is 0 Å². The molecule has 0 amide bonds. The second kappa shape index (κ2) is 4.46. The highest BCUT2D eigenvalue weighted by Gasteiger charge is 2.06. The molecule has 0 bridgehead atoms. The van der Waals surface area contributed by atoms with Crippen LogP contribution in [0.2, 0.25) is 0 Å². The number of carbonyl (C=O) groups is 1. The van der Waals surface area contributed by atoms with Crippen molar-refractivity contribution in [3.05, 3.63) is 42.5 Å². The summed E-state index contributed by atoms with van der Waals surface area (Å²) in [6.45, 7) is 8.57. The van der Waals surface area contributed by atoms with Gasteiger partial charge in [-0.1, -0.05) is 19.2 Å². The third-order valence-corrected chi connectivity index (χ3v) is 1.71. The molecule has 3 nitrogen and oxygen atoms in total. The summed E-state index contributed by atoms with van der Waals surface area (Å²) >= 11 is 0. The Labute approximate surface area is 88.3 Å². The van der Waals surface area contributed by atoms with Gasteiger partial charge in [-0.15, -0.1) is 0 Å². The minimum absolute atomic E-state index is 0.0249. The van der Waals surface area contributed by atoms with Crippen molar-refractivity contribution in [2.24, 2.45) is 0 Å². The number of phenolic OH excluding ortho intramolecular Hbond substituents is 1. The van der Waals surface area contributed by atoms with E-state index in [1.807, 2.05) is 0 Å². The lowest BCUT2D eigenvalue weighted by Gasteiger charge is -2.05. The predicted octanol–water partition coefficient (Wildman–Crippen LogP) is 2.52. The number of carbonyl (C=O) groups excluding carboxylic acids is 1. The van der Waals surface area contributed by atoms with Crippen LogP contribution in [0.15, 0.2) is 36.9 Å². The Morgan fingerprint density at radius 3 is 2.67 bits per heavy atom. The number of phenols is 1. The number of esters is 1. The zero-order valence-electron chi connectivity index (χ0n) is 8.49. The number of hydrogen-bond acceptors (Lipinski definition) is 3. The van der Waals surface area contributed by atoms with Gasteiger partial charge in [0.1, 0.15) is 11.5 Å². The number of aromatic hydroxyl groups is 1. The Hall–Kier alpha value is -2.03. The fourth-order valence-electron chi connectivity index (χ4n) is 0.977. The van der Waals surface area contributed by atoms with E-state index in [-0.39, 0.29) is 11.5 Å². The zero-order chi connectivity index (χ0) is 11.4. The molecule has 1 N–H and O–H groups in total. The topological polar surface area (TPSA) is 46.5 Å². The lowest BCUT2D eigenvalue weighted by atomic mass is 10.2. The minimum atomic E-state index is -0.518. The third-order valence-electron chi connectivity index (χ3n) is 1.71. The zero-order valence-corrected chi connectivity index (χ0v) is 8.49. The van der Waals surface area contributed by atoms with Crippen LogP contribution in [0.5, 0.6) is 11.5 Å². The molecule has 15 heavy (non-hydrogen) atoms. The normalized spacial score (nSPS) is 9.40. The van der Waals surface area contributed by atoms with E-state index in [0.29, 0.717) is 11.1 Å². The fourth-order valence-corrected chi connectivity index (χ4v) is 0.977. The van der Waals surface area contributed by atoms with Gasteiger partial charge in [-0.05, 0) is 24.6 Å². The summed E-state index contributed by atoms with van der Waals surface area (Å²) in [5.74, 6) is -0.217. The van der Waals surface area contributed by atoms with Crippen molar-refractivity contribution in [2.45, 2.75) is 6.92 Å². The van der Waals surface area contributed by atoms with Crippen LogP contribution in [-0.2, 0) is 4.79 Å². The minimum Gasteiger partial charge on any atom is -0.508 e. The molecule has 1 aromatic carbocycles. The van der Waals surface area contributed by atoms with E-state index >= 15 is 0 Å². The molecule has 3 heteroatoms. The van der Waals surface area contributed by atoms with Gasteiger partial charge in [0.2, 0.25) is 0 Å². The van der Waals surface area contributed by atoms with E-state index in [0.717, 1.165) is 0 Å². The molecule has 1 aromatic rings. The Morgan fingerprint density at radius 1 is 1.47 bits per heavy atom. The van der Waals surface area contributed by atoms with Gasteiger partial charge in [0.15, 0.2) is 0 Å². The first-order chi connectivity index (χ1) is 7.02. The molecular formula is C12H12O3. The van der Waals surface area contributed by atoms with Crippen molar-refractivity contribution >= 4 is 12.0 Å². The molecule has 0 aliphatic rings. The van der Waals surface area contributed by atoms with Crippen LogP contribution in [-0.4, -0.2) is 11.1 Å². The van der Waals surface area contributed by atoms with Crippen molar-refractivity contribution in [3.8, 4) is 11.5 Å². The van der Waals surface area contributed by atoms with Gasteiger partial charge in [0, 0.05) is 11.6 Å². The second-order valence-corrected chi connectivity index (χ2v) is 3.13. The standard InChI is InChI=1S/C12H12O3/c1-4-9-5-10(13)7-11(6-9)15-12(14)8(2)3/h4-7,13H,1-2H2,3H3.